The Morgan fingerprint density at radius 1 is 1.53 bits per heavy atom. The zero-order chi connectivity index (χ0) is 13.8. The van der Waals surface area contributed by atoms with Gasteiger partial charge < -0.3 is 4.57 Å². The van der Waals surface area contributed by atoms with E-state index in [2.05, 4.69) is 21.5 Å². The SMILES string of the molecule is CC(CCS(C)=O)n1c(CCCl)nc2cccnc21. The molecule has 0 aliphatic rings. The molecule has 2 unspecified atom stereocenters. The molecule has 4 nitrogen and oxygen atoms in total. The third-order valence-electron chi connectivity index (χ3n) is 3.10. The molecular formula is C13H18ClN3OS. The number of rotatable bonds is 6. The van der Waals surface area contributed by atoms with E-state index in [0.29, 0.717) is 11.6 Å². The molecule has 0 spiro atoms. The van der Waals surface area contributed by atoms with Gasteiger partial charge in [0.25, 0.3) is 0 Å². The van der Waals surface area contributed by atoms with E-state index >= 15 is 0 Å². The molecular weight excluding hydrogens is 282 g/mol. The van der Waals surface area contributed by atoms with E-state index in [0.717, 1.165) is 29.8 Å². The molecule has 0 bridgehead atoms. The minimum Gasteiger partial charge on any atom is -0.310 e. The van der Waals surface area contributed by atoms with Gasteiger partial charge in [0.2, 0.25) is 0 Å². The lowest BCUT2D eigenvalue weighted by molar-refractivity contribution is 0.522. The highest BCUT2D eigenvalue weighted by atomic mass is 35.5. The number of fused-ring (bicyclic) bond motifs is 1. The zero-order valence-electron chi connectivity index (χ0n) is 11.2. The minimum absolute atomic E-state index is 0.224. The number of hydrogen-bond donors (Lipinski definition) is 0. The summed E-state index contributed by atoms with van der Waals surface area (Å²) in [6.07, 6.45) is 5.07. The second-order valence-electron chi connectivity index (χ2n) is 4.60. The Labute approximate surface area is 120 Å². The van der Waals surface area contributed by atoms with Gasteiger partial charge in [-0.2, -0.15) is 0 Å². The van der Waals surface area contributed by atoms with Gasteiger partial charge in [-0.15, -0.1) is 11.6 Å². The summed E-state index contributed by atoms with van der Waals surface area (Å²) in [4.78, 5) is 9.00. The van der Waals surface area contributed by atoms with Crippen LogP contribution in [-0.4, -0.2) is 36.6 Å². The van der Waals surface area contributed by atoms with Crippen LogP contribution in [0, 0.1) is 0 Å². The summed E-state index contributed by atoms with van der Waals surface area (Å²) in [5, 5.41) is 0. The highest BCUT2D eigenvalue weighted by Gasteiger charge is 2.16. The first kappa shape index (κ1) is 14.5. The van der Waals surface area contributed by atoms with Crippen molar-refractivity contribution in [3.05, 3.63) is 24.2 Å². The molecule has 104 valence electrons. The maximum absolute atomic E-state index is 11.2. The smallest absolute Gasteiger partial charge is 0.160 e. The number of aryl methyl sites for hydroxylation is 1. The van der Waals surface area contributed by atoms with Crippen molar-refractivity contribution in [2.75, 3.05) is 17.9 Å². The van der Waals surface area contributed by atoms with Crippen LogP contribution >= 0.6 is 11.6 Å². The third kappa shape index (κ3) is 3.34. The number of nitrogens with zero attached hydrogens (tertiary/aromatic N) is 3. The lowest BCUT2D eigenvalue weighted by atomic mass is 10.2. The molecule has 6 heteroatoms. The lowest BCUT2D eigenvalue weighted by Crippen LogP contribution is -2.13. The van der Waals surface area contributed by atoms with E-state index in [1.54, 1.807) is 12.5 Å². The molecule has 0 N–H and O–H groups in total. The molecule has 2 aromatic heterocycles. The van der Waals surface area contributed by atoms with Gasteiger partial charge in [-0.3, -0.25) is 4.21 Å². The number of halogens is 1. The van der Waals surface area contributed by atoms with Gasteiger partial charge in [-0.25, -0.2) is 9.97 Å². The molecule has 0 amide bonds. The molecule has 2 rings (SSSR count). The number of imidazole rings is 1. The van der Waals surface area contributed by atoms with Crippen LogP contribution in [0.15, 0.2) is 18.3 Å². The monoisotopic (exact) mass is 299 g/mol. The average Bonchev–Trinajstić information content (AvgIpc) is 2.74. The summed E-state index contributed by atoms with van der Waals surface area (Å²) in [6.45, 7) is 2.11. The van der Waals surface area contributed by atoms with Gasteiger partial charge >= 0.3 is 0 Å². The first-order valence-electron chi connectivity index (χ1n) is 6.31. The molecule has 19 heavy (non-hydrogen) atoms. The number of alkyl halides is 1. The molecule has 2 atom stereocenters. The average molecular weight is 300 g/mol. The summed E-state index contributed by atoms with van der Waals surface area (Å²) >= 11 is 5.85. The maximum atomic E-state index is 11.2. The fourth-order valence-corrected chi connectivity index (χ4v) is 3.01. The Hall–Kier alpha value is -0.940. The predicted molar refractivity (Wildman–Crippen MR) is 80.2 cm³/mol. The van der Waals surface area contributed by atoms with Crippen LogP contribution in [0.25, 0.3) is 11.2 Å². The summed E-state index contributed by atoms with van der Waals surface area (Å²) in [5.41, 5.74) is 1.78. The summed E-state index contributed by atoms with van der Waals surface area (Å²) < 4.78 is 13.4. The highest BCUT2D eigenvalue weighted by molar-refractivity contribution is 7.84. The Bertz CT molecular complexity index is 584. The topological polar surface area (TPSA) is 47.8 Å². The standard InChI is InChI=1S/C13H18ClN3OS/c1-10(6-9-19(2)18)17-12(5-7-14)16-11-4-3-8-15-13(11)17/h3-4,8,10H,5-7,9H2,1-2H3. The molecule has 2 aromatic rings. The Balaban J connectivity index is 2.37. The molecule has 0 saturated heterocycles. The van der Waals surface area contributed by atoms with Crippen molar-refractivity contribution in [2.24, 2.45) is 0 Å². The first-order chi connectivity index (χ1) is 9.13. The molecule has 0 aromatic carbocycles. The van der Waals surface area contributed by atoms with Crippen LogP contribution < -0.4 is 0 Å². The van der Waals surface area contributed by atoms with Crippen molar-refractivity contribution in [2.45, 2.75) is 25.8 Å². The quantitative estimate of drug-likeness (QED) is 0.770. The Morgan fingerprint density at radius 2 is 2.32 bits per heavy atom. The van der Waals surface area contributed by atoms with Gasteiger partial charge in [0.15, 0.2) is 5.65 Å². The number of pyridine rings is 1. The van der Waals surface area contributed by atoms with E-state index in [-0.39, 0.29) is 6.04 Å². The molecule has 2 heterocycles. The normalized spacial score (nSPS) is 14.7. The van der Waals surface area contributed by atoms with Crippen LogP contribution in [0.2, 0.25) is 0 Å². The van der Waals surface area contributed by atoms with Crippen LogP contribution in [0.1, 0.15) is 25.2 Å². The number of aromatic nitrogens is 3. The Morgan fingerprint density at radius 3 is 3.00 bits per heavy atom. The van der Waals surface area contributed by atoms with Crippen molar-refractivity contribution in [3.8, 4) is 0 Å². The maximum Gasteiger partial charge on any atom is 0.160 e. The molecule has 0 aliphatic carbocycles. The van der Waals surface area contributed by atoms with Crippen LogP contribution in [0.4, 0.5) is 0 Å². The second kappa shape index (κ2) is 6.48. The van der Waals surface area contributed by atoms with Crippen molar-refractivity contribution < 1.29 is 4.21 Å². The fourth-order valence-electron chi connectivity index (χ4n) is 2.17. The minimum atomic E-state index is -0.772. The molecule has 0 aliphatic heterocycles. The van der Waals surface area contributed by atoms with Crippen molar-refractivity contribution >= 4 is 33.6 Å². The van der Waals surface area contributed by atoms with E-state index in [4.69, 9.17) is 11.6 Å². The summed E-state index contributed by atoms with van der Waals surface area (Å²) in [5.74, 6) is 2.18. The molecule has 0 fully saturated rings. The predicted octanol–water partition coefficient (Wildman–Crippen LogP) is 2.54. The van der Waals surface area contributed by atoms with E-state index in [1.807, 2.05) is 12.1 Å². The molecule has 0 radical (unpaired) electrons. The van der Waals surface area contributed by atoms with Gasteiger partial charge in [0.1, 0.15) is 11.3 Å². The Kier molecular flexibility index (Phi) is 4.93. The summed E-state index contributed by atoms with van der Waals surface area (Å²) in [7, 11) is -0.772. The van der Waals surface area contributed by atoms with Gasteiger partial charge in [0.05, 0.1) is 0 Å². The third-order valence-corrected chi connectivity index (χ3v) is 4.10. The first-order valence-corrected chi connectivity index (χ1v) is 8.57. The van der Waals surface area contributed by atoms with Gasteiger partial charge in [-0.1, -0.05) is 0 Å². The fraction of sp³-hybridized carbons (Fsp3) is 0.538. The van der Waals surface area contributed by atoms with E-state index in [1.165, 1.54) is 0 Å². The van der Waals surface area contributed by atoms with Gasteiger partial charge in [0, 0.05) is 47.3 Å². The van der Waals surface area contributed by atoms with Gasteiger partial charge in [-0.05, 0) is 25.5 Å². The van der Waals surface area contributed by atoms with Crippen LogP contribution in [0.5, 0.6) is 0 Å². The highest BCUT2D eigenvalue weighted by Crippen LogP contribution is 2.22. The second-order valence-corrected chi connectivity index (χ2v) is 6.53. The van der Waals surface area contributed by atoms with Crippen molar-refractivity contribution in [3.63, 3.8) is 0 Å². The lowest BCUT2D eigenvalue weighted by Gasteiger charge is -2.16. The van der Waals surface area contributed by atoms with Crippen molar-refractivity contribution in [1.82, 2.24) is 14.5 Å². The van der Waals surface area contributed by atoms with E-state index < -0.39 is 10.8 Å². The molecule has 0 saturated carbocycles. The zero-order valence-corrected chi connectivity index (χ0v) is 12.7. The summed E-state index contributed by atoms with van der Waals surface area (Å²) in [6, 6.07) is 4.07. The van der Waals surface area contributed by atoms with Crippen LogP contribution in [0.3, 0.4) is 0 Å². The largest absolute Gasteiger partial charge is 0.310 e. The number of hydrogen-bond acceptors (Lipinski definition) is 3. The van der Waals surface area contributed by atoms with Crippen LogP contribution in [-0.2, 0) is 17.2 Å². The van der Waals surface area contributed by atoms with Crippen molar-refractivity contribution in [1.29, 1.82) is 0 Å². The van der Waals surface area contributed by atoms with E-state index in [9.17, 15) is 4.21 Å².